The first-order chi connectivity index (χ1) is 7.17. The van der Waals surface area contributed by atoms with Crippen molar-refractivity contribution in [1.29, 1.82) is 0 Å². The number of nitrogens with two attached hydrogens (primary N) is 1. The summed E-state index contributed by atoms with van der Waals surface area (Å²) in [7, 11) is 3.01. The summed E-state index contributed by atoms with van der Waals surface area (Å²) in [6.45, 7) is 0.417. The molecule has 0 aliphatic rings. The van der Waals surface area contributed by atoms with Gasteiger partial charge in [-0.05, 0) is 0 Å². The Bertz CT molecular complexity index is 173. The van der Waals surface area contributed by atoms with Crippen LogP contribution >= 0.6 is 0 Å². The van der Waals surface area contributed by atoms with Gasteiger partial charge in [-0.25, -0.2) is 0 Å². The zero-order chi connectivity index (χ0) is 11.7. The van der Waals surface area contributed by atoms with E-state index < -0.39 is 0 Å². The van der Waals surface area contributed by atoms with Gasteiger partial charge in [0, 0.05) is 20.8 Å². The quantitative estimate of drug-likeness (QED) is 0.461. The Balaban J connectivity index is 3.88. The molecule has 6 heteroatoms. The molecular weight excluding hydrogens is 200 g/mol. The van der Waals surface area contributed by atoms with Crippen LogP contribution in [0.5, 0.6) is 0 Å². The standard InChI is InChI=1S/C9H20N2O4/c1-14-6-7(5-12)11-9(13)3-8(4-10)15-2/h7-8,12H,3-6,10H2,1-2H3,(H,11,13). The van der Waals surface area contributed by atoms with E-state index in [1.54, 1.807) is 0 Å². The number of aliphatic hydroxyl groups excluding tert-OH is 1. The molecule has 0 saturated carbocycles. The highest BCUT2D eigenvalue weighted by Crippen LogP contribution is 1.95. The van der Waals surface area contributed by atoms with Crippen LogP contribution in [0.2, 0.25) is 0 Å². The molecule has 1 amide bonds. The molecule has 2 atom stereocenters. The minimum Gasteiger partial charge on any atom is -0.394 e. The number of rotatable bonds is 8. The van der Waals surface area contributed by atoms with Gasteiger partial charge in [0.15, 0.2) is 0 Å². The third kappa shape index (κ3) is 6.40. The van der Waals surface area contributed by atoms with E-state index in [0.717, 1.165) is 0 Å². The lowest BCUT2D eigenvalue weighted by Gasteiger charge is -2.17. The second kappa shape index (κ2) is 8.60. The maximum absolute atomic E-state index is 11.4. The van der Waals surface area contributed by atoms with Crippen molar-refractivity contribution in [3.05, 3.63) is 0 Å². The summed E-state index contributed by atoms with van der Waals surface area (Å²) in [5.74, 6) is -0.205. The van der Waals surface area contributed by atoms with E-state index in [2.05, 4.69) is 5.32 Å². The van der Waals surface area contributed by atoms with Gasteiger partial charge in [0.25, 0.3) is 0 Å². The number of hydrogen-bond acceptors (Lipinski definition) is 5. The highest BCUT2D eigenvalue weighted by Gasteiger charge is 2.15. The largest absolute Gasteiger partial charge is 0.394 e. The smallest absolute Gasteiger partial charge is 0.223 e. The molecule has 15 heavy (non-hydrogen) atoms. The summed E-state index contributed by atoms with van der Waals surface area (Å²) >= 11 is 0. The van der Waals surface area contributed by atoms with Gasteiger partial charge < -0.3 is 25.6 Å². The van der Waals surface area contributed by atoms with Crippen LogP contribution in [0.3, 0.4) is 0 Å². The average molecular weight is 220 g/mol. The molecule has 2 unspecified atom stereocenters. The second-order valence-corrected chi connectivity index (χ2v) is 3.20. The van der Waals surface area contributed by atoms with Crippen molar-refractivity contribution in [2.45, 2.75) is 18.6 Å². The van der Waals surface area contributed by atoms with Crippen molar-refractivity contribution in [1.82, 2.24) is 5.32 Å². The van der Waals surface area contributed by atoms with Gasteiger partial charge in [-0.3, -0.25) is 4.79 Å². The summed E-state index contributed by atoms with van der Waals surface area (Å²) in [6.07, 6.45) is -0.0976. The van der Waals surface area contributed by atoms with Crippen molar-refractivity contribution in [2.24, 2.45) is 5.73 Å². The average Bonchev–Trinajstić information content (AvgIpc) is 2.25. The zero-order valence-corrected chi connectivity index (χ0v) is 9.23. The number of aliphatic hydroxyl groups is 1. The summed E-state index contributed by atoms with van der Waals surface area (Å²) in [5.41, 5.74) is 5.37. The molecule has 0 aromatic rings. The molecule has 0 fully saturated rings. The van der Waals surface area contributed by atoms with Crippen LogP contribution in [0, 0.1) is 0 Å². The van der Waals surface area contributed by atoms with Crippen LogP contribution in [0.1, 0.15) is 6.42 Å². The number of amides is 1. The molecule has 0 rings (SSSR count). The Hall–Kier alpha value is -0.690. The van der Waals surface area contributed by atoms with Crippen LogP contribution in [0.4, 0.5) is 0 Å². The molecule has 0 aliphatic heterocycles. The fraction of sp³-hybridized carbons (Fsp3) is 0.889. The molecule has 0 saturated heterocycles. The Morgan fingerprint density at radius 1 is 1.53 bits per heavy atom. The molecule has 4 N–H and O–H groups in total. The highest BCUT2D eigenvalue weighted by atomic mass is 16.5. The van der Waals surface area contributed by atoms with Crippen LogP contribution < -0.4 is 11.1 Å². The second-order valence-electron chi connectivity index (χ2n) is 3.20. The van der Waals surface area contributed by atoms with Gasteiger partial charge in [-0.2, -0.15) is 0 Å². The molecule has 0 aliphatic carbocycles. The summed E-state index contributed by atoms with van der Waals surface area (Å²) < 4.78 is 9.79. The number of methoxy groups -OCH3 is 2. The van der Waals surface area contributed by atoms with Crippen molar-refractivity contribution in [3.63, 3.8) is 0 Å². The van der Waals surface area contributed by atoms with Gasteiger partial charge in [0.05, 0.1) is 31.8 Å². The molecule has 0 radical (unpaired) electrons. The molecule has 0 aromatic carbocycles. The maximum Gasteiger partial charge on any atom is 0.223 e. The Labute approximate surface area is 89.7 Å². The van der Waals surface area contributed by atoms with Crippen LogP contribution in [0.25, 0.3) is 0 Å². The molecule has 0 aromatic heterocycles. The number of carbonyl (C=O) groups is 1. The van der Waals surface area contributed by atoms with Crippen molar-refractivity contribution in [2.75, 3.05) is 34.0 Å². The summed E-state index contributed by atoms with van der Waals surface area (Å²) in [5, 5.41) is 11.5. The van der Waals surface area contributed by atoms with Crippen molar-refractivity contribution >= 4 is 5.91 Å². The van der Waals surface area contributed by atoms with E-state index in [1.165, 1.54) is 14.2 Å². The fourth-order valence-corrected chi connectivity index (χ4v) is 1.10. The minimum atomic E-state index is -0.377. The van der Waals surface area contributed by atoms with Crippen LogP contribution in [0.15, 0.2) is 0 Å². The topological polar surface area (TPSA) is 93.8 Å². The predicted octanol–water partition coefficient (Wildman–Crippen LogP) is -1.53. The SMILES string of the molecule is COCC(CO)NC(=O)CC(CN)OC. The van der Waals surface area contributed by atoms with E-state index in [-0.39, 0.29) is 44.2 Å². The first kappa shape index (κ1) is 14.3. The third-order valence-electron chi connectivity index (χ3n) is 1.96. The Morgan fingerprint density at radius 2 is 2.20 bits per heavy atom. The highest BCUT2D eigenvalue weighted by molar-refractivity contribution is 5.76. The lowest BCUT2D eigenvalue weighted by Crippen LogP contribution is -2.42. The van der Waals surface area contributed by atoms with E-state index in [1.807, 2.05) is 0 Å². The lowest BCUT2D eigenvalue weighted by atomic mass is 10.2. The zero-order valence-electron chi connectivity index (χ0n) is 9.23. The molecule has 0 spiro atoms. The number of ether oxygens (including phenoxy) is 2. The first-order valence-corrected chi connectivity index (χ1v) is 4.79. The fourth-order valence-electron chi connectivity index (χ4n) is 1.10. The van der Waals surface area contributed by atoms with Gasteiger partial charge in [0.1, 0.15) is 0 Å². The maximum atomic E-state index is 11.4. The van der Waals surface area contributed by atoms with E-state index in [9.17, 15) is 4.79 Å². The number of nitrogens with one attached hydrogen (secondary N) is 1. The first-order valence-electron chi connectivity index (χ1n) is 4.79. The van der Waals surface area contributed by atoms with Gasteiger partial charge in [-0.15, -0.1) is 0 Å². The normalized spacial score (nSPS) is 14.7. The number of carbonyl (C=O) groups excluding carboxylic acids is 1. The Kier molecular flexibility index (Phi) is 8.21. The molecular formula is C9H20N2O4. The van der Waals surface area contributed by atoms with Crippen LogP contribution in [-0.4, -0.2) is 57.1 Å². The predicted molar refractivity (Wildman–Crippen MR) is 55.4 cm³/mol. The third-order valence-corrected chi connectivity index (χ3v) is 1.96. The molecule has 6 nitrogen and oxygen atoms in total. The minimum absolute atomic E-state index is 0.153. The van der Waals surface area contributed by atoms with Crippen molar-refractivity contribution in [3.8, 4) is 0 Å². The van der Waals surface area contributed by atoms with E-state index in [4.69, 9.17) is 20.3 Å². The van der Waals surface area contributed by atoms with Crippen LogP contribution in [-0.2, 0) is 14.3 Å². The molecule has 0 heterocycles. The molecule has 0 bridgehead atoms. The van der Waals surface area contributed by atoms with Gasteiger partial charge >= 0.3 is 0 Å². The van der Waals surface area contributed by atoms with Crippen molar-refractivity contribution < 1.29 is 19.4 Å². The number of hydrogen-bond donors (Lipinski definition) is 3. The summed E-state index contributed by atoms with van der Waals surface area (Å²) in [4.78, 5) is 11.4. The van der Waals surface area contributed by atoms with Gasteiger partial charge in [-0.1, -0.05) is 0 Å². The van der Waals surface area contributed by atoms with Gasteiger partial charge in [0.2, 0.25) is 5.91 Å². The van der Waals surface area contributed by atoms with E-state index >= 15 is 0 Å². The van der Waals surface area contributed by atoms with E-state index in [0.29, 0.717) is 0 Å². The molecule has 90 valence electrons. The lowest BCUT2D eigenvalue weighted by molar-refractivity contribution is -0.124. The summed E-state index contributed by atoms with van der Waals surface area (Å²) in [6, 6.07) is -0.377. The Morgan fingerprint density at radius 3 is 2.60 bits per heavy atom. The monoisotopic (exact) mass is 220 g/mol.